The number of ketones is 1. The number of thiol groups is 1. The summed E-state index contributed by atoms with van der Waals surface area (Å²) < 4.78 is 57.1. The van der Waals surface area contributed by atoms with E-state index in [9.17, 15) is 18.0 Å². The highest BCUT2D eigenvalue weighted by Gasteiger charge is 2.44. The van der Waals surface area contributed by atoms with Crippen LogP contribution >= 0.6 is 12.6 Å². The first-order chi connectivity index (χ1) is 10.5. The lowest BCUT2D eigenvalue weighted by molar-refractivity contribution is -0.129. The standard InChI is InChI=1S/C14H28OS.CHF3O3S/c1-6-8-10-14(16,11-9-7-2)12(15)13(3,4)5;2-1(3,4)8(5,6)7/h16H,6-11H2,1-5H3;(H,5,6,7). The molecule has 0 rings (SSSR count). The van der Waals surface area contributed by atoms with Gasteiger partial charge < -0.3 is 0 Å². The van der Waals surface area contributed by atoms with Gasteiger partial charge in [-0.15, -0.1) is 0 Å². The first kappa shape index (κ1) is 26.0. The van der Waals surface area contributed by atoms with Crippen LogP contribution in [0.25, 0.3) is 0 Å². The van der Waals surface area contributed by atoms with Crippen molar-refractivity contribution in [3.05, 3.63) is 0 Å². The third kappa shape index (κ3) is 9.88. The maximum atomic E-state index is 12.4. The molecule has 146 valence electrons. The fourth-order valence-corrected chi connectivity index (χ4v) is 2.64. The van der Waals surface area contributed by atoms with Gasteiger partial charge in [-0.05, 0) is 12.8 Å². The first-order valence-electron chi connectivity index (χ1n) is 7.84. The molecule has 0 aliphatic heterocycles. The van der Waals surface area contributed by atoms with E-state index in [1.807, 2.05) is 20.8 Å². The van der Waals surface area contributed by atoms with Crippen molar-refractivity contribution in [2.75, 3.05) is 0 Å². The normalized spacial score (nSPS) is 13.2. The maximum Gasteiger partial charge on any atom is 0.522 e. The second-order valence-corrected chi connectivity index (χ2v) is 9.01. The highest BCUT2D eigenvalue weighted by Crippen LogP contribution is 2.36. The Labute approximate surface area is 148 Å². The Morgan fingerprint density at radius 1 is 1.00 bits per heavy atom. The van der Waals surface area contributed by atoms with Gasteiger partial charge in [0.25, 0.3) is 0 Å². The number of carbonyl (C=O) groups excluding carboxylic acids is 1. The quantitative estimate of drug-likeness (QED) is 0.360. The Bertz CT molecular complexity index is 472. The van der Waals surface area contributed by atoms with Crippen LogP contribution in [0, 0.1) is 5.41 Å². The van der Waals surface area contributed by atoms with Crippen molar-refractivity contribution in [1.29, 1.82) is 0 Å². The fourth-order valence-electron chi connectivity index (χ4n) is 1.99. The molecule has 0 unspecified atom stereocenters. The third-order valence-corrected chi connectivity index (χ3v) is 4.52. The Hall–Kier alpha value is -0.280. The molecule has 0 saturated carbocycles. The molecular weight excluding hydrogens is 365 g/mol. The molecule has 4 nitrogen and oxygen atoms in total. The molecule has 24 heavy (non-hydrogen) atoms. The summed E-state index contributed by atoms with van der Waals surface area (Å²) in [6.07, 6.45) is 6.28. The van der Waals surface area contributed by atoms with Crippen LogP contribution in [0.3, 0.4) is 0 Å². The van der Waals surface area contributed by atoms with E-state index in [-0.39, 0.29) is 5.41 Å². The molecule has 0 fully saturated rings. The third-order valence-electron chi connectivity index (χ3n) is 3.28. The van der Waals surface area contributed by atoms with E-state index in [1.54, 1.807) is 0 Å². The molecule has 0 aliphatic carbocycles. The van der Waals surface area contributed by atoms with Crippen LogP contribution in [-0.4, -0.2) is 29.0 Å². The molecule has 0 heterocycles. The molecule has 0 aliphatic rings. The molecule has 0 amide bonds. The van der Waals surface area contributed by atoms with Gasteiger partial charge in [0.15, 0.2) is 5.78 Å². The van der Waals surface area contributed by atoms with E-state index in [0.717, 1.165) is 38.5 Å². The van der Waals surface area contributed by atoms with E-state index in [1.165, 1.54) is 0 Å². The van der Waals surface area contributed by atoms with Crippen molar-refractivity contribution in [2.45, 2.75) is 83.4 Å². The summed E-state index contributed by atoms with van der Waals surface area (Å²) in [4.78, 5) is 12.4. The lowest BCUT2D eigenvalue weighted by Crippen LogP contribution is -2.41. The number of hydrogen-bond donors (Lipinski definition) is 2. The smallest absolute Gasteiger partial charge is 0.298 e. The first-order valence-corrected chi connectivity index (χ1v) is 9.72. The zero-order valence-corrected chi connectivity index (χ0v) is 16.6. The zero-order valence-electron chi connectivity index (χ0n) is 14.9. The molecule has 9 heteroatoms. The van der Waals surface area contributed by atoms with Crippen molar-refractivity contribution in [3.8, 4) is 0 Å². The van der Waals surface area contributed by atoms with Gasteiger partial charge in [0, 0.05) is 5.41 Å². The SMILES string of the molecule is CCCCC(S)(CCCC)C(=O)C(C)(C)C.O=S(=O)(O)C(F)(F)F. The van der Waals surface area contributed by atoms with Gasteiger partial charge in [0.2, 0.25) is 0 Å². The van der Waals surface area contributed by atoms with Crippen LogP contribution < -0.4 is 0 Å². The van der Waals surface area contributed by atoms with Crippen LogP contribution in [0.5, 0.6) is 0 Å². The van der Waals surface area contributed by atoms with E-state index in [4.69, 9.17) is 25.6 Å². The molecule has 0 saturated heterocycles. The second-order valence-electron chi connectivity index (χ2n) is 6.74. The Morgan fingerprint density at radius 3 is 1.46 bits per heavy atom. The van der Waals surface area contributed by atoms with Gasteiger partial charge in [0.05, 0.1) is 4.75 Å². The fraction of sp³-hybridized carbons (Fsp3) is 0.933. The van der Waals surface area contributed by atoms with Gasteiger partial charge in [-0.25, -0.2) is 0 Å². The minimum atomic E-state index is -5.84. The van der Waals surface area contributed by atoms with Gasteiger partial charge in [-0.1, -0.05) is 60.3 Å². The largest absolute Gasteiger partial charge is 0.522 e. The predicted octanol–water partition coefficient (Wildman–Crippen LogP) is 5.04. The summed E-state index contributed by atoms with van der Waals surface area (Å²) in [6, 6.07) is 0. The molecular formula is C15H29F3O4S2. The van der Waals surface area contributed by atoms with Gasteiger partial charge in [0.1, 0.15) is 0 Å². The highest BCUT2D eigenvalue weighted by atomic mass is 32.2. The summed E-state index contributed by atoms with van der Waals surface area (Å²) in [5.74, 6) is 0.310. The van der Waals surface area contributed by atoms with Crippen LogP contribution in [0.2, 0.25) is 0 Å². The van der Waals surface area contributed by atoms with Crippen molar-refractivity contribution < 1.29 is 30.9 Å². The molecule has 0 aromatic heterocycles. The topological polar surface area (TPSA) is 71.4 Å². The molecule has 0 spiro atoms. The highest BCUT2D eigenvalue weighted by molar-refractivity contribution is 7.86. The van der Waals surface area contributed by atoms with Crippen LogP contribution in [0.15, 0.2) is 0 Å². The maximum absolute atomic E-state index is 12.4. The lowest BCUT2D eigenvalue weighted by Gasteiger charge is -2.33. The average Bonchev–Trinajstić information content (AvgIpc) is 2.39. The van der Waals surface area contributed by atoms with Gasteiger partial charge in [-0.3, -0.25) is 9.35 Å². The molecule has 0 aromatic rings. The van der Waals surface area contributed by atoms with Crippen LogP contribution in [0.1, 0.15) is 73.1 Å². The second kappa shape index (κ2) is 10.0. The van der Waals surface area contributed by atoms with Crippen molar-refractivity contribution in [2.24, 2.45) is 5.41 Å². The van der Waals surface area contributed by atoms with Crippen molar-refractivity contribution in [1.82, 2.24) is 0 Å². The van der Waals surface area contributed by atoms with Crippen LogP contribution in [0.4, 0.5) is 13.2 Å². The summed E-state index contributed by atoms with van der Waals surface area (Å²) in [5, 5.41) is 0. The van der Waals surface area contributed by atoms with E-state index < -0.39 is 20.4 Å². The number of carbonyl (C=O) groups is 1. The average molecular weight is 395 g/mol. The van der Waals surface area contributed by atoms with Crippen molar-refractivity contribution in [3.63, 3.8) is 0 Å². The van der Waals surface area contributed by atoms with Gasteiger partial charge in [-0.2, -0.15) is 34.2 Å². The number of alkyl halides is 3. The molecule has 0 radical (unpaired) electrons. The number of unbranched alkanes of at least 4 members (excludes halogenated alkanes) is 2. The molecule has 0 atom stereocenters. The summed E-state index contributed by atoms with van der Waals surface area (Å²) in [6.45, 7) is 10.3. The van der Waals surface area contributed by atoms with E-state index >= 15 is 0 Å². The minimum Gasteiger partial charge on any atom is -0.298 e. The number of Topliss-reactive ketones (excluding diaryl/α,β-unsaturated/α-hetero) is 1. The number of halogens is 3. The zero-order chi connectivity index (χ0) is 19.8. The Morgan fingerprint density at radius 2 is 1.29 bits per heavy atom. The van der Waals surface area contributed by atoms with Gasteiger partial charge >= 0.3 is 15.6 Å². The van der Waals surface area contributed by atoms with Crippen molar-refractivity contribution >= 4 is 28.5 Å². The van der Waals surface area contributed by atoms with Crippen LogP contribution in [-0.2, 0) is 14.9 Å². The number of hydrogen-bond acceptors (Lipinski definition) is 4. The lowest BCUT2D eigenvalue weighted by atomic mass is 9.78. The molecule has 1 N–H and O–H groups in total. The predicted molar refractivity (Wildman–Crippen MR) is 92.8 cm³/mol. The Kier molecular flexibility index (Phi) is 10.8. The van der Waals surface area contributed by atoms with E-state index in [0.29, 0.717) is 5.78 Å². The van der Waals surface area contributed by atoms with E-state index in [2.05, 4.69) is 13.8 Å². The summed E-state index contributed by atoms with van der Waals surface area (Å²) in [7, 11) is -5.84. The summed E-state index contributed by atoms with van der Waals surface area (Å²) in [5.41, 5.74) is -5.81. The Balaban J connectivity index is 0. The monoisotopic (exact) mass is 394 g/mol. The summed E-state index contributed by atoms with van der Waals surface area (Å²) >= 11 is 4.73. The molecule has 0 aromatic carbocycles. The minimum absolute atomic E-state index is 0.275. The number of rotatable bonds is 7. The molecule has 0 bridgehead atoms.